The number of nitrogens with one attached hydrogen (secondary N) is 1. The average molecular weight is 228 g/mol. The largest absolute Gasteiger partial charge is 0.316 e. The standard InChI is InChI=1S/C12H24N2S/c1-3-8-15-9-6-13-10-12-5-4-7-14(2)11-12/h3,12-13H,1,4-11H2,2H3. The van der Waals surface area contributed by atoms with Gasteiger partial charge in [0.05, 0.1) is 0 Å². The molecule has 0 aromatic carbocycles. The molecule has 1 unspecified atom stereocenters. The molecule has 1 N–H and O–H groups in total. The van der Waals surface area contributed by atoms with Gasteiger partial charge in [0, 0.05) is 24.6 Å². The van der Waals surface area contributed by atoms with E-state index in [1.54, 1.807) is 0 Å². The van der Waals surface area contributed by atoms with E-state index in [0.717, 1.165) is 18.2 Å². The highest BCUT2D eigenvalue weighted by atomic mass is 32.2. The van der Waals surface area contributed by atoms with Crippen LogP contribution in [0.3, 0.4) is 0 Å². The fourth-order valence-electron chi connectivity index (χ4n) is 2.06. The number of piperidine rings is 1. The van der Waals surface area contributed by atoms with Gasteiger partial charge in [0.1, 0.15) is 0 Å². The Kier molecular flexibility index (Phi) is 7.14. The Hall–Kier alpha value is 0.01000. The van der Waals surface area contributed by atoms with Crippen molar-refractivity contribution in [3.8, 4) is 0 Å². The second kappa shape index (κ2) is 8.20. The molecule has 0 aromatic rings. The summed E-state index contributed by atoms with van der Waals surface area (Å²) in [5.41, 5.74) is 0. The van der Waals surface area contributed by atoms with Crippen LogP contribution < -0.4 is 5.32 Å². The van der Waals surface area contributed by atoms with Crippen LogP contribution in [0.25, 0.3) is 0 Å². The Morgan fingerprint density at radius 1 is 1.60 bits per heavy atom. The highest BCUT2D eigenvalue weighted by molar-refractivity contribution is 7.99. The van der Waals surface area contributed by atoms with E-state index in [0.29, 0.717) is 0 Å². The van der Waals surface area contributed by atoms with Crippen LogP contribution in [0, 0.1) is 5.92 Å². The maximum absolute atomic E-state index is 3.71. The number of hydrogen-bond donors (Lipinski definition) is 1. The summed E-state index contributed by atoms with van der Waals surface area (Å²) in [5.74, 6) is 3.15. The zero-order valence-electron chi connectivity index (χ0n) is 9.87. The minimum Gasteiger partial charge on any atom is -0.316 e. The monoisotopic (exact) mass is 228 g/mol. The van der Waals surface area contributed by atoms with Crippen molar-refractivity contribution in [1.29, 1.82) is 0 Å². The van der Waals surface area contributed by atoms with E-state index in [1.165, 1.54) is 38.2 Å². The normalized spacial score (nSPS) is 22.9. The quantitative estimate of drug-likeness (QED) is 0.529. The average Bonchev–Trinajstić information content (AvgIpc) is 2.23. The lowest BCUT2D eigenvalue weighted by atomic mass is 9.98. The lowest BCUT2D eigenvalue weighted by Gasteiger charge is -2.29. The minimum atomic E-state index is 0.869. The highest BCUT2D eigenvalue weighted by Crippen LogP contribution is 2.13. The van der Waals surface area contributed by atoms with Gasteiger partial charge >= 0.3 is 0 Å². The van der Waals surface area contributed by atoms with Gasteiger partial charge < -0.3 is 10.2 Å². The number of rotatable bonds is 7. The van der Waals surface area contributed by atoms with Crippen LogP contribution in [0.1, 0.15) is 12.8 Å². The molecule has 1 aliphatic heterocycles. The molecule has 88 valence electrons. The molecule has 3 heteroatoms. The topological polar surface area (TPSA) is 15.3 Å². The fourth-order valence-corrected chi connectivity index (χ4v) is 2.68. The van der Waals surface area contributed by atoms with E-state index in [9.17, 15) is 0 Å². The Balaban J connectivity index is 1.92. The Morgan fingerprint density at radius 3 is 3.20 bits per heavy atom. The molecule has 0 radical (unpaired) electrons. The van der Waals surface area contributed by atoms with Gasteiger partial charge in [0.25, 0.3) is 0 Å². The predicted octanol–water partition coefficient (Wildman–Crippen LogP) is 1.84. The smallest absolute Gasteiger partial charge is 0.0111 e. The minimum absolute atomic E-state index is 0.869. The lowest BCUT2D eigenvalue weighted by Crippen LogP contribution is -2.37. The van der Waals surface area contributed by atoms with Crippen LogP contribution in [0.2, 0.25) is 0 Å². The first-order valence-corrected chi connectivity index (χ1v) is 7.06. The Labute approximate surface area is 98.5 Å². The summed E-state index contributed by atoms with van der Waals surface area (Å²) in [5, 5.41) is 3.55. The number of hydrogen-bond acceptors (Lipinski definition) is 3. The van der Waals surface area contributed by atoms with Gasteiger partial charge in [-0.1, -0.05) is 6.08 Å². The van der Waals surface area contributed by atoms with Crippen molar-refractivity contribution in [1.82, 2.24) is 10.2 Å². The summed E-state index contributed by atoms with van der Waals surface area (Å²) < 4.78 is 0. The van der Waals surface area contributed by atoms with Crippen molar-refractivity contribution in [3.63, 3.8) is 0 Å². The highest BCUT2D eigenvalue weighted by Gasteiger charge is 2.15. The first kappa shape index (κ1) is 13.1. The van der Waals surface area contributed by atoms with Crippen molar-refractivity contribution in [2.24, 2.45) is 5.92 Å². The molecule has 1 heterocycles. The molecule has 1 fully saturated rings. The lowest BCUT2D eigenvalue weighted by molar-refractivity contribution is 0.207. The van der Waals surface area contributed by atoms with Crippen LogP contribution in [0.15, 0.2) is 12.7 Å². The summed E-state index contributed by atoms with van der Waals surface area (Å²) in [7, 11) is 2.23. The molecule has 1 aliphatic rings. The van der Waals surface area contributed by atoms with Gasteiger partial charge in [0.15, 0.2) is 0 Å². The first-order valence-electron chi connectivity index (χ1n) is 5.91. The van der Waals surface area contributed by atoms with Crippen molar-refractivity contribution in [3.05, 3.63) is 12.7 Å². The zero-order chi connectivity index (χ0) is 10.9. The third-order valence-electron chi connectivity index (χ3n) is 2.81. The zero-order valence-corrected chi connectivity index (χ0v) is 10.7. The Morgan fingerprint density at radius 2 is 2.47 bits per heavy atom. The van der Waals surface area contributed by atoms with Crippen molar-refractivity contribution in [2.45, 2.75) is 12.8 Å². The molecule has 1 rings (SSSR count). The van der Waals surface area contributed by atoms with Crippen molar-refractivity contribution >= 4 is 11.8 Å². The van der Waals surface area contributed by atoms with Crippen LogP contribution in [0.4, 0.5) is 0 Å². The van der Waals surface area contributed by atoms with Crippen molar-refractivity contribution in [2.75, 3.05) is 44.7 Å². The van der Waals surface area contributed by atoms with Gasteiger partial charge in [-0.2, -0.15) is 11.8 Å². The van der Waals surface area contributed by atoms with Gasteiger partial charge in [-0.3, -0.25) is 0 Å². The summed E-state index contributed by atoms with van der Waals surface area (Å²) >= 11 is 1.95. The second-order valence-corrected chi connectivity index (χ2v) is 5.49. The van der Waals surface area contributed by atoms with Crippen LogP contribution in [-0.2, 0) is 0 Å². The summed E-state index contributed by atoms with van der Waals surface area (Å²) in [6.07, 6.45) is 4.74. The third-order valence-corrected chi connectivity index (χ3v) is 3.78. The van der Waals surface area contributed by atoms with Crippen LogP contribution in [0.5, 0.6) is 0 Å². The third kappa shape index (κ3) is 6.23. The van der Waals surface area contributed by atoms with Crippen LogP contribution >= 0.6 is 11.8 Å². The number of likely N-dealkylation sites (tertiary alicyclic amines) is 1. The molecule has 15 heavy (non-hydrogen) atoms. The Bertz CT molecular complexity index is 173. The van der Waals surface area contributed by atoms with E-state index in [2.05, 4.69) is 23.8 Å². The second-order valence-electron chi connectivity index (χ2n) is 4.34. The van der Waals surface area contributed by atoms with E-state index >= 15 is 0 Å². The summed E-state index contributed by atoms with van der Waals surface area (Å²) in [4.78, 5) is 2.45. The molecule has 0 bridgehead atoms. The van der Waals surface area contributed by atoms with E-state index in [4.69, 9.17) is 0 Å². The van der Waals surface area contributed by atoms with E-state index < -0.39 is 0 Å². The molecule has 0 amide bonds. The van der Waals surface area contributed by atoms with Crippen molar-refractivity contribution < 1.29 is 0 Å². The molecule has 0 aliphatic carbocycles. The molecular weight excluding hydrogens is 204 g/mol. The molecule has 0 saturated carbocycles. The predicted molar refractivity (Wildman–Crippen MR) is 70.6 cm³/mol. The molecule has 0 aromatic heterocycles. The van der Waals surface area contributed by atoms with E-state index in [1.807, 2.05) is 17.8 Å². The van der Waals surface area contributed by atoms with Gasteiger partial charge in [-0.15, -0.1) is 6.58 Å². The maximum atomic E-state index is 3.71. The fraction of sp³-hybridized carbons (Fsp3) is 0.833. The number of nitrogens with zero attached hydrogens (tertiary/aromatic N) is 1. The first-order chi connectivity index (χ1) is 7.33. The molecule has 1 atom stereocenters. The van der Waals surface area contributed by atoms with Crippen LogP contribution in [-0.4, -0.2) is 49.6 Å². The summed E-state index contributed by atoms with van der Waals surface area (Å²) in [6.45, 7) is 8.60. The van der Waals surface area contributed by atoms with E-state index in [-0.39, 0.29) is 0 Å². The van der Waals surface area contributed by atoms with Gasteiger partial charge in [0.2, 0.25) is 0 Å². The number of thioether (sulfide) groups is 1. The molecular formula is C12H24N2S. The molecule has 1 saturated heterocycles. The summed E-state index contributed by atoms with van der Waals surface area (Å²) in [6, 6.07) is 0. The van der Waals surface area contributed by atoms with Gasteiger partial charge in [-0.05, 0) is 38.9 Å². The molecule has 2 nitrogen and oxygen atoms in total. The SMILES string of the molecule is C=CCSCCNCC1CCCN(C)C1. The van der Waals surface area contributed by atoms with Gasteiger partial charge in [-0.25, -0.2) is 0 Å². The maximum Gasteiger partial charge on any atom is 0.0111 e. The molecule has 0 spiro atoms.